The third-order valence-corrected chi connectivity index (χ3v) is 3.27. The molecule has 0 atom stereocenters. The molecule has 1 aromatic rings. The Bertz CT molecular complexity index is 533. The smallest absolute Gasteiger partial charge is 0.134 e. The van der Waals surface area contributed by atoms with Crippen molar-refractivity contribution in [2.24, 2.45) is 0 Å². The second-order valence-electron chi connectivity index (χ2n) is 7.25. The van der Waals surface area contributed by atoms with Gasteiger partial charge in [-0.2, -0.15) is 0 Å². The highest BCUT2D eigenvalue weighted by Crippen LogP contribution is 2.37. The molecule has 2 nitrogen and oxygen atoms in total. The van der Waals surface area contributed by atoms with E-state index in [1.165, 1.54) is 5.56 Å². The minimum Gasteiger partial charge on any atom is -0.506 e. The van der Waals surface area contributed by atoms with Crippen LogP contribution in [-0.4, -0.2) is 18.7 Å². The van der Waals surface area contributed by atoms with Crippen molar-refractivity contribution < 1.29 is 5.11 Å². The summed E-state index contributed by atoms with van der Waals surface area (Å²) < 4.78 is 0. The van der Waals surface area contributed by atoms with E-state index >= 15 is 0 Å². The van der Waals surface area contributed by atoms with Gasteiger partial charge in [0.15, 0.2) is 0 Å². The molecule has 0 spiro atoms. The van der Waals surface area contributed by atoms with Crippen LogP contribution in [0.4, 0.5) is 0 Å². The molecule has 0 unspecified atom stereocenters. The number of hydrogen-bond donors (Lipinski definition) is 2. The zero-order valence-electron chi connectivity index (χ0n) is 13.8. The zero-order chi connectivity index (χ0) is 15.6. The maximum absolute atomic E-state index is 10.5. The highest BCUT2D eigenvalue weighted by Gasteiger charge is 2.24. The molecule has 0 radical (unpaired) electrons. The van der Waals surface area contributed by atoms with Gasteiger partial charge in [0.25, 0.3) is 0 Å². The lowest BCUT2D eigenvalue weighted by Crippen LogP contribution is -2.17. The first-order valence-electron chi connectivity index (χ1n) is 7.09. The highest BCUT2D eigenvalue weighted by molar-refractivity contribution is 5.55. The maximum Gasteiger partial charge on any atom is 0.134 e. The van der Waals surface area contributed by atoms with Gasteiger partial charge in [-0.3, -0.25) is 0 Å². The molecule has 1 rings (SSSR count). The molecule has 0 aliphatic rings. The number of aromatic hydroxyl groups is 1. The van der Waals surface area contributed by atoms with E-state index in [0.717, 1.165) is 11.1 Å². The van der Waals surface area contributed by atoms with E-state index in [0.29, 0.717) is 12.3 Å². The van der Waals surface area contributed by atoms with Crippen LogP contribution in [0.25, 0.3) is 0 Å². The normalized spacial score (nSPS) is 11.9. The van der Waals surface area contributed by atoms with Crippen LogP contribution in [0.3, 0.4) is 0 Å². The Morgan fingerprint density at radius 2 is 1.65 bits per heavy atom. The van der Waals surface area contributed by atoms with Crippen LogP contribution in [0.2, 0.25) is 0 Å². The fourth-order valence-corrected chi connectivity index (χ4v) is 1.96. The second-order valence-corrected chi connectivity index (χ2v) is 7.25. The standard InChI is InChI=1S/C18H27NO/c1-17(2,3)14-11-13(9-8-10-19-7)16(20)15(12-14)18(4,5)6/h11-12,19-20H,10H2,1-7H3. The lowest BCUT2D eigenvalue weighted by atomic mass is 9.79. The van der Waals surface area contributed by atoms with Crippen molar-refractivity contribution in [3.63, 3.8) is 0 Å². The quantitative estimate of drug-likeness (QED) is 0.767. The fourth-order valence-electron chi connectivity index (χ4n) is 1.96. The molecular weight excluding hydrogens is 246 g/mol. The molecule has 0 aliphatic heterocycles. The Hall–Kier alpha value is -1.46. The van der Waals surface area contributed by atoms with E-state index in [1.807, 2.05) is 13.1 Å². The number of nitrogens with one attached hydrogen (secondary N) is 1. The van der Waals surface area contributed by atoms with E-state index in [2.05, 4.69) is 64.8 Å². The zero-order valence-corrected chi connectivity index (χ0v) is 13.8. The monoisotopic (exact) mass is 273 g/mol. The topological polar surface area (TPSA) is 32.3 Å². The van der Waals surface area contributed by atoms with Crippen LogP contribution >= 0.6 is 0 Å². The predicted molar refractivity (Wildman–Crippen MR) is 86.3 cm³/mol. The number of rotatable bonds is 1. The molecule has 110 valence electrons. The molecule has 2 N–H and O–H groups in total. The molecule has 0 saturated heterocycles. The Morgan fingerprint density at radius 1 is 1.05 bits per heavy atom. The lowest BCUT2D eigenvalue weighted by Gasteiger charge is -2.26. The summed E-state index contributed by atoms with van der Waals surface area (Å²) in [7, 11) is 1.86. The SMILES string of the molecule is CNCC#Cc1cc(C(C)(C)C)cc(C(C)(C)C)c1O. The van der Waals surface area contributed by atoms with Crippen LogP contribution in [0, 0.1) is 11.8 Å². The van der Waals surface area contributed by atoms with Gasteiger partial charge in [0.2, 0.25) is 0 Å². The molecule has 0 aliphatic carbocycles. The molecule has 20 heavy (non-hydrogen) atoms. The first-order chi connectivity index (χ1) is 9.07. The summed E-state index contributed by atoms with van der Waals surface area (Å²) in [5.74, 6) is 6.42. The summed E-state index contributed by atoms with van der Waals surface area (Å²) in [5, 5.41) is 13.5. The largest absolute Gasteiger partial charge is 0.506 e. The molecule has 0 heterocycles. The summed E-state index contributed by atoms with van der Waals surface area (Å²) in [5.41, 5.74) is 2.81. The molecule has 0 amide bonds. The van der Waals surface area contributed by atoms with Gasteiger partial charge in [0.05, 0.1) is 12.1 Å². The van der Waals surface area contributed by atoms with Crippen molar-refractivity contribution in [1.29, 1.82) is 0 Å². The van der Waals surface area contributed by atoms with Gasteiger partial charge in [-0.1, -0.05) is 59.4 Å². The molecular formula is C18H27NO. The fraction of sp³-hybridized carbons (Fsp3) is 0.556. The van der Waals surface area contributed by atoms with Gasteiger partial charge in [-0.15, -0.1) is 0 Å². The van der Waals surface area contributed by atoms with Crippen molar-refractivity contribution in [2.75, 3.05) is 13.6 Å². The average molecular weight is 273 g/mol. The molecule has 1 aromatic carbocycles. The number of phenols is 1. The van der Waals surface area contributed by atoms with Crippen molar-refractivity contribution in [2.45, 2.75) is 52.4 Å². The van der Waals surface area contributed by atoms with Gasteiger partial charge in [0, 0.05) is 5.56 Å². The lowest BCUT2D eigenvalue weighted by molar-refractivity contribution is 0.443. The molecule has 0 saturated carbocycles. The third kappa shape index (κ3) is 4.02. The van der Waals surface area contributed by atoms with Gasteiger partial charge >= 0.3 is 0 Å². The van der Waals surface area contributed by atoms with Crippen LogP contribution in [0.1, 0.15) is 58.2 Å². The van der Waals surface area contributed by atoms with Crippen molar-refractivity contribution >= 4 is 0 Å². The van der Waals surface area contributed by atoms with Crippen LogP contribution < -0.4 is 5.32 Å². The van der Waals surface area contributed by atoms with E-state index < -0.39 is 0 Å². The van der Waals surface area contributed by atoms with Crippen LogP contribution in [-0.2, 0) is 10.8 Å². The van der Waals surface area contributed by atoms with E-state index in [9.17, 15) is 5.11 Å². The summed E-state index contributed by atoms with van der Waals surface area (Å²) >= 11 is 0. The van der Waals surface area contributed by atoms with Crippen LogP contribution in [0.15, 0.2) is 12.1 Å². The van der Waals surface area contributed by atoms with Gasteiger partial charge < -0.3 is 10.4 Å². The summed E-state index contributed by atoms with van der Waals surface area (Å²) in [6.07, 6.45) is 0. The number of benzene rings is 1. The van der Waals surface area contributed by atoms with Gasteiger partial charge in [-0.25, -0.2) is 0 Å². The summed E-state index contributed by atoms with van der Waals surface area (Å²) in [6.45, 7) is 13.5. The maximum atomic E-state index is 10.5. The number of hydrogen-bond acceptors (Lipinski definition) is 2. The van der Waals surface area contributed by atoms with Crippen molar-refractivity contribution in [3.05, 3.63) is 28.8 Å². The Kier molecular flexibility index (Phi) is 4.89. The number of phenolic OH excluding ortho intramolecular Hbond substituents is 1. The molecule has 2 heteroatoms. The first-order valence-corrected chi connectivity index (χ1v) is 7.09. The Labute approximate surface area is 123 Å². The van der Waals surface area contributed by atoms with E-state index in [-0.39, 0.29) is 10.8 Å². The van der Waals surface area contributed by atoms with Crippen LogP contribution in [0.5, 0.6) is 5.75 Å². The molecule has 0 aromatic heterocycles. The third-order valence-electron chi connectivity index (χ3n) is 3.27. The Balaban J connectivity index is 3.49. The molecule has 0 fully saturated rings. The highest BCUT2D eigenvalue weighted by atomic mass is 16.3. The first kappa shape index (κ1) is 16.6. The van der Waals surface area contributed by atoms with E-state index in [4.69, 9.17) is 0 Å². The van der Waals surface area contributed by atoms with Crippen molar-refractivity contribution in [3.8, 4) is 17.6 Å². The van der Waals surface area contributed by atoms with Gasteiger partial charge in [0.1, 0.15) is 5.75 Å². The van der Waals surface area contributed by atoms with Gasteiger partial charge in [-0.05, 0) is 29.5 Å². The van der Waals surface area contributed by atoms with E-state index in [1.54, 1.807) is 0 Å². The summed E-state index contributed by atoms with van der Waals surface area (Å²) in [6, 6.07) is 4.12. The molecule has 0 bridgehead atoms. The second kappa shape index (κ2) is 5.89. The minimum atomic E-state index is -0.106. The van der Waals surface area contributed by atoms with Crippen molar-refractivity contribution in [1.82, 2.24) is 5.32 Å². The summed E-state index contributed by atoms with van der Waals surface area (Å²) in [4.78, 5) is 0. The Morgan fingerprint density at radius 3 is 2.10 bits per heavy atom. The average Bonchev–Trinajstić information content (AvgIpc) is 2.28. The minimum absolute atomic E-state index is 0.0349. The predicted octanol–water partition coefficient (Wildman–Crippen LogP) is 3.56.